The van der Waals surface area contributed by atoms with Crippen molar-refractivity contribution in [3.63, 3.8) is 0 Å². The minimum Gasteiger partial charge on any atom is -0.485 e. The van der Waals surface area contributed by atoms with Crippen LogP contribution in [0.2, 0.25) is 0 Å². The lowest BCUT2D eigenvalue weighted by Gasteiger charge is -2.26. The highest BCUT2D eigenvalue weighted by Crippen LogP contribution is 2.37. The monoisotopic (exact) mass is 409 g/mol. The number of aromatic nitrogens is 1. The number of fused-ring (bicyclic) bond motifs is 1. The summed E-state index contributed by atoms with van der Waals surface area (Å²) < 4.78 is 12.1. The number of hydrogen-bond donors (Lipinski definition) is 2. The summed E-state index contributed by atoms with van der Waals surface area (Å²) in [4.78, 5) is 16.8. The van der Waals surface area contributed by atoms with E-state index in [1.807, 2.05) is 36.4 Å². The lowest BCUT2D eigenvalue weighted by atomic mass is 9.97. The average Bonchev–Trinajstić information content (AvgIpc) is 3.19. The zero-order valence-electron chi connectivity index (χ0n) is 16.1. The summed E-state index contributed by atoms with van der Waals surface area (Å²) in [5.74, 6) is 1.44. The maximum absolute atomic E-state index is 11.6. The van der Waals surface area contributed by atoms with Crippen LogP contribution in [0.1, 0.15) is 35.5 Å². The molecule has 0 saturated carbocycles. The standard InChI is InChI=1S/C22H23N3O3S/c1-14(23)21(26)24-12-18-13-25-22(29-18)27-17-8-10-20-16(11-17)7-9-19(28-20)15-5-3-2-4-6-15/h2-6,8,10-11,13-14,19H,7,9,12,23H2,1H3,(H,24,26)/t14-,19-/m0/s1. The number of aryl methyl sites for hydroxylation is 1. The van der Waals surface area contributed by atoms with Gasteiger partial charge in [-0.05, 0) is 49.1 Å². The zero-order chi connectivity index (χ0) is 20.2. The minimum atomic E-state index is -0.530. The van der Waals surface area contributed by atoms with Crippen LogP contribution in [0, 0.1) is 0 Å². The molecule has 2 aromatic carbocycles. The van der Waals surface area contributed by atoms with Gasteiger partial charge in [0.05, 0.1) is 12.6 Å². The van der Waals surface area contributed by atoms with Crippen molar-refractivity contribution in [2.45, 2.75) is 38.5 Å². The Morgan fingerprint density at radius 2 is 2.17 bits per heavy atom. The van der Waals surface area contributed by atoms with Crippen LogP contribution in [0.25, 0.3) is 0 Å². The van der Waals surface area contributed by atoms with Crippen molar-refractivity contribution >= 4 is 17.2 Å². The molecule has 150 valence electrons. The molecule has 0 spiro atoms. The van der Waals surface area contributed by atoms with Crippen LogP contribution in [-0.2, 0) is 17.8 Å². The fraction of sp³-hybridized carbons (Fsp3) is 0.273. The lowest BCUT2D eigenvalue weighted by Crippen LogP contribution is -2.37. The molecule has 2 atom stereocenters. The Morgan fingerprint density at radius 3 is 2.97 bits per heavy atom. The van der Waals surface area contributed by atoms with Gasteiger partial charge in [-0.2, -0.15) is 0 Å². The van der Waals surface area contributed by atoms with Gasteiger partial charge in [0, 0.05) is 11.1 Å². The number of amides is 1. The summed E-state index contributed by atoms with van der Waals surface area (Å²) in [7, 11) is 0. The Bertz CT molecular complexity index is 988. The van der Waals surface area contributed by atoms with E-state index in [1.54, 1.807) is 13.1 Å². The molecule has 1 aliphatic rings. The number of carbonyl (C=O) groups is 1. The van der Waals surface area contributed by atoms with Crippen molar-refractivity contribution in [2.24, 2.45) is 5.73 Å². The number of benzene rings is 2. The molecule has 0 fully saturated rings. The smallest absolute Gasteiger partial charge is 0.278 e. The summed E-state index contributed by atoms with van der Waals surface area (Å²) in [6.45, 7) is 2.04. The van der Waals surface area contributed by atoms with Crippen molar-refractivity contribution in [3.05, 3.63) is 70.7 Å². The normalized spacial score (nSPS) is 16.4. The van der Waals surface area contributed by atoms with Gasteiger partial charge in [0.2, 0.25) is 5.91 Å². The van der Waals surface area contributed by atoms with Gasteiger partial charge in [-0.15, -0.1) is 0 Å². The third kappa shape index (κ3) is 4.75. The number of thiazole rings is 1. The van der Waals surface area contributed by atoms with E-state index in [2.05, 4.69) is 22.4 Å². The molecule has 0 saturated heterocycles. The predicted molar refractivity (Wildman–Crippen MR) is 112 cm³/mol. The van der Waals surface area contributed by atoms with Crippen LogP contribution in [0.15, 0.2) is 54.7 Å². The molecule has 0 unspecified atom stereocenters. The number of nitrogens with two attached hydrogens (primary N) is 1. The van der Waals surface area contributed by atoms with Gasteiger partial charge >= 0.3 is 0 Å². The van der Waals surface area contributed by atoms with E-state index in [0.717, 1.165) is 34.8 Å². The molecular weight excluding hydrogens is 386 g/mol. The van der Waals surface area contributed by atoms with E-state index < -0.39 is 6.04 Å². The summed E-state index contributed by atoms with van der Waals surface area (Å²) in [5.41, 5.74) is 7.88. The number of nitrogens with one attached hydrogen (secondary N) is 1. The molecule has 3 N–H and O–H groups in total. The van der Waals surface area contributed by atoms with Crippen LogP contribution >= 0.6 is 11.3 Å². The zero-order valence-corrected chi connectivity index (χ0v) is 16.9. The van der Waals surface area contributed by atoms with Gasteiger partial charge in [-0.1, -0.05) is 41.7 Å². The highest BCUT2D eigenvalue weighted by molar-refractivity contribution is 7.13. The van der Waals surface area contributed by atoms with Crippen molar-refractivity contribution in [1.29, 1.82) is 0 Å². The van der Waals surface area contributed by atoms with Crippen molar-refractivity contribution in [3.8, 4) is 16.7 Å². The van der Waals surface area contributed by atoms with Crippen LogP contribution < -0.4 is 20.5 Å². The molecule has 3 aromatic rings. The molecule has 7 heteroatoms. The first-order valence-corrected chi connectivity index (χ1v) is 10.4. The van der Waals surface area contributed by atoms with Gasteiger partial charge in [0.25, 0.3) is 5.19 Å². The third-order valence-corrected chi connectivity index (χ3v) is 5.61. The molecule has 1 aromatic heterocycles. The number of hydrogen-bond acceptors (Lipinski definition) is 6. The highest BCUT2D eigenvalue weighted by Gasteiger charge is 2.21. The van der Waals surface area contributed by atoms with Gasteiger partial charge in [-0.3, -0.25) is 4.79 Å². The lowest BCUT2D eigenvalue weighted by molar-refractivity contribution is -0.122. The minimum absolute atomic E-state index is 0.0865. The van der Waals surface area contributed by atoms with E-state index in [0.29, 0.717) is 11.7 Å². The van der Waals surface area contributed by atoms with Crippen molar-refractivity contribution < 1.29 is 14.3 Å². The molecule has 2 heterocycles. The molecule has 6 nitrogen and oxygen atoms in total. The fourth-order valence-electron chi connectivity index (χ4n) is 3.19. The first-order chi connectivity index (χ1) is 14.1. The Hall–Kier alpha value is -2.90. The van der Waals surface area contributed by atoms with Gasteiger partial charge in [0.1, 0.15) is 17.6 Å². The van der Waals surface area contributed by atoms with Gasteiger partial charge in [-0.25, -0.2) is 4.98 Å². The van der Waals surface area contributed by atoms with Crippen molar-refractivity contribution in [2.75, 3.05) is 0 Å². The second-order valence-corrected chi connectivity index (χ2v) is 8.10. The highest BCUT2D eigenvalue weighted by atomic mass is 32.1. The first kappa shape index (κ1) is 19.4. The summed E-state index contributed by atoms with van der Waals surface area (Å²) in [5, 5.41) is 3.30. The molecule has 0 radical (unpaired) electrons. The summed E-state index contributed by atoms with van der Waals surface area (Å²) in [6.07, 6.45) is 3.65. The van der Waals surface area contributed by atoms with Crippen LogP contribution in [0.3, 0.4) is 0 Å². The second-order valence-electron chi connectivity index (χ2n) is 7.03. The fourth-order valence-corrected chi connectivity index (χ4v) is 3.90. The van der Waals surface area contributed by atoms with E-state index in [9.17, 15) is 4.79 Å². The third-order valence-electron chi connectivity index (χ3n) is 4.74. The first-order valence-electron chi connectivity index (χ1n) is 9.59. The molecule has 1 aliphatic heterocycles. The van der Waals surface area contributed by atoms with Gasteiger partial charge in [0.15, 0.2) is 0 Å². The van der Waals surface area contributed by atoms with E-state index in [4.69, 9.17) is 15.2 Å². The predicted octanol–water partition coefficient (Wildman–Crippen LogP) is 3.97. The second kappa shape index (κ2) is 8.63. The summed E-state index contributed by atoms with van der Waals surface area (Å²) in [6, 6.07) is 15.6. The number of rotatable bonds is 6. The SMILES string of the molecule is C[C@H](N)C(=O)NCc1cnc(Oc2ccc3c(c2)CC[C@@H](c2ccccc2)O3)s1. The van der Waals surface area contributed by atoms with Crippen LogP contribution in [-0.4, -0.2) is 16.9 Å². The molecule has 1 amide bonds. The quantitative estimate of drug-likeness (QED) is 0.643. The van der Waals surface area contributed by atoms with E-state index >= 15 is 0 Å². The number of carbonyl (C=O) groups excluding carboxylic acids is 1. The van der Waals surface area contributed by atoms with Gasteiger partial charge < -0.3 is 20.5 Å². The molecule has 4 rings (SSSR count). The largest absolute Gasteiger partial charge is 0.485 e. The van der Waals surface area contributed by atoms with Crippen LogP contribution in [0.4, 0.5) is 0 Å². The Balaban J connectivity index is 1.38. The Kier molecular flexibility index (Phi) is 5.78. The average molecular weight is 410 g/mol. The molecular formula is C22H23N3O3S. The summed E-state index contributed by atoms with van der Waals surface area (Å²) >= 11 is 1.40. The van der Waals surface area contributed by atoms with E-state index in [-0.39, 0.29) is 12.0 Å². The topological polar surface area (TPSA) is 86.5 Å². The Labute approximate surface area is 173 Å². The van der Waals surface area contributed by atoms with E-state index in [1.165, 1.54) is 16.9 Å². The maximum Gasteiger partial charge on any atom is 0.278 e. The number of ether oxygens (including phenoxy) is 2. The maximum atomic E-state index is 11.6. The van der Waals surface area contributed by atoms with Crippen molar-refractivity contribution in [1.82, 2.24) is 10.3 Å². The molecule has 0 bridgehead atoms. The Morgan fingerprint density at radius 1 is 1.34 bits per heavy atom. The van der Waals surface area contributed by atoms with Crippen LogP contribution in [0.5, 0.6) is 16.7 Å². The number of nitrogens with zero attached hydrogens (tertiary/aromatic N) is 1. The molecule has 0 aliphatic carbocycles. The molecule has 29 heavy (non-hydrogen) atoms.